The number of piperazine rings is 1. The van der Waals surface area contributed by atoms with Crippen LogP contribution >= 0.6 is 0 Å². The van der Waals surface area contributed by atoms with Crippen LogP contribution in [-0.4, -0.2) is 43.7 Å². The van der Waals surface area contributed by atoms with E-state index in [1.165, 1.54) is 0 Å². The van der Waals surface area contributed by atoms with Crippen LogP contribution in [0.5, 0.6) is 5.75 Å². The Kier molecular flexibility index (Phi) is 3.90. The second-order valence-corrected chi connectivity index (χ2v) is 6.11. The van der Waals surface area contributed by atoms with E-state index in [0.29, 0.717) is 0 Å². The van der Waals surface area contributed by atoms with Gasteiger partial charge in [-0.2, -0.15) is 0 Å². The molecule has 0 spiro atoms. The summed E-state index contributed by atoms with van der Waals surface area (Å²) in [5, 5.41) is 0. The molecule has 1 aromatic carbocycles. The average Bonchev–Trinajstić information content (AvgIpc) is 2.37. The highest BCUT2D eigenvalue weighted by Crippen LogP contribution is 2.27. The second kappa shape index (κ2) is 5.29. The van der Waals surface area contributed by atoms with Crippen LogP contribution in [0.2, 0.25) is 0 Å². The van der Waals surface area contributed by atoms with Gasteiger partial charge in [0.05, 0.1) is 7.11 Å². The third-order valence-corrected chi connectivity index (χ3v) is 3.74. The highest BCUT2D eigenvalue weighted by Gasteiger charge is 2.26. The molecule has 1 aliphatic rings. The lowest BCUT2D eigenvalue weighted by Gasteiger charge is -2.43. The average molecular weight is 263 g/mol. The quantitative estimate of drug-likeness (QED) is 0.831. The van der Waals surface area contributed by atoms with Crippen molar-refractivity contribution in [2.45, 2.75) is 26.3 Å². The van der Waals surface area contributed by atoms with Gasteiger partial charge in [-0.3, -0.25) is 4.90 Å². The lowest BCUT2D eigenvalue weighted by Crippen LogP contribution is -2.53. The van der Waals surface area contributed by atoms with Gasteiger partial charge in [-0.15, -0.1) is 0 Å². The zero-order valence-corrected chi connectivity index (χ0v) is 12.4. The molecular weight excluding hydrogens is 238 g/mol. The first kappa shape index (κ1) is 14.0. The lowest BCUT2D eigenvalue weighted by atomic mass is 10.0. The van der Waals surface area contributed by atoms with E-state index in [-0.39, 0.29) is 5.54 Å². The number of rotatable bonds is 2. The summed E-state index contributed by atoms with van der Waals surface area (Å²) in [6, 6.07) is 5.94. The van der Waals surface area contributed by atoms with Crippen molar-refractivity contribution in [2.75, 3.05) is 43.9 Å². The number of methoxy groups -OCH3 is 1. The maximum atomic E-state index is 5.92. The molecule has 1 fully saturated rings. The Bertz CT molecular complexity index is 432. The van der Waals surface area contributed by atoms with Gasteiger partial charge in [-0.1, -0.05) is 0 Å². The molecule has 1 saturated heterocycles. The van der Waals surface area contributed by atoms with Crippen molar-refractivity contribution in [3.63, 3.8) is 0 Å². The molecule has 106 valence electrons. The fourth-order valence-corrected chi connectivity index (χ4v) is 2.54. The number of nitrogen functional groups attached to an aromatic ring is 1. The Morgan fingerprint density at radius 2 is 1.68 bits per heavy atom. The van der Waals surface area contributed by atoms with E-state index in [0.717, 1.165) is 43.3 Å². The van der Waals surface area contributed by atoms with Gasteiger partial charge in [-0.05, 0) is 26.8 Å². The zero-order valence-electron chi connectivity index (χ0n) is 12.4. The maximum Gasteiger partial charge on any atom is 0.122 e. The molecule has 2 rings (SSSR count). The number of anilines is 2. The first-order valence-corrected chi connectivity index (χ1v) is 6.85. The second-order valence-electron chi connectivity index (χ2n) is 6.11. The molecule has 19 heavy (non-hydrogen) atoms. The molecule has 0 bridgehead atoms. The van der Waals surface area contributed by atoms with Crippen LogP contribution in [0.1, 0.15) is 20.8 Å². The van der Waals surface area contributed by atoms with Crippen LogP contribution < -0.4 is 15.4 Å². The zero-order chi connectivity index (χ0) is 14.0. The van der Waals surface area contributed by atoms with Crippen LogP contribution in [0.25, 0.3) is 0 Å². The molecule has 0 amide bonds. The molecule has 1 aromatic rings. The lowest BCUT2D eigenvalue weighted by molar-refractivity contribution is 0.128. The van der Waals surface area contributed by atoms with E-state index in [1.807, 2.05) is 12.1 Å². The Balaban J connectivity index is 2.07. The molecule has 0 saturated carbocycles. The minimum atomic E-state index is 0.249. The number of nitrogens with zero attached hydrogens (tertiary/aromatic N) is 2. The molecule has 1 heterocycles. The van der Waals surface area contributed by atoms with Gasteiger partial charge in [0.2, 0.25) is 0 Å². The van der Waals surface area contributed by atoms with Crippen molar-refractivity contribution in [2.24, 2.45) is 0 Å². The first-order chi connectivity index (χ1) is 8.90. The van der Waals surface area contributed by atoms with Crippen molar-refractivity contribution in [3.8, 4) is 5.75 Å². The van der Waals surface area contributed by atoms with E-state index in [4.69, 9.17) is 10.5 Å². The Labute approximate surface area is 116 Å². The van der Waals surface area contributed by atoms with Gasteiger partial charge in [-0.25, -0.2) is 0 Å². The molecule has 0 atom stereocenters. The molecule has 0 aromatic heterocycles. The minimum absolute atomic E-state index is 0.249. The van der Waals surface area contributed by atoms with E-state index in [1.54, 1.807) is 7.11 Å². The summed E-state index contributed by atoms with van der Waals surface area (Å²) in [5.74, 6) is 0.827. The topological polar surface area (TPSA) is 41.7 Å². The predicted molar refractivity (Wildman–Crippen MR) is 80.9 cm³/mol. The van der Waals surface area contributed by atoms with Gasteiger partial charge >= 0.3 is 0 Å². The van der Waals surface area contributed by atoms with Crippen molar-refractivity contribution in [3.05, 3.63) is 18.2 Å². The Hall–Kier alpha value is -1.42. The van der Waals surface area contributed by atoms with Crippen LogP contribution in [-0.2, 0) is 0 Å². The number of benzene rings is 1. The largest absolute Gasteiger partial charge is 0.497 e. The normalized spacial score (nSPS) is 17.6. The minimum Gasteiger partial charge on any atom is -0.497 e. The van der Waals surface area contributed by atoms with E-state index < -0.39 is 0 Å². The summed E-state index contributed by atoms with van der Waals surface area (Å²) in [6.07, 6.45) is 0. The summed E-state index contributed by atoms with van der Waals surface area (Å²) in [4.78, 5) is 4.90. The molecule has 4 nitrogen and oxygen atoms in total. The standard InChI is InChI=1S/C15H25N3O/c1-15(2,3)18-7-5-17(6-8-18)13-9-12(16)10-14(11-13)19-4/h9-11H,5-8,16H2,1-4H3. The van der Waals surface area contributed by atoms with Crippen LogP contribution in [0, 0.1) is 0 Å². The highest BCUT2D eigenvalue weighted by molar-refractivity contribution is 5.60. The monoisotopic (exact) mass is 263 g/mol. The van der Waals surface area contributed by atoms with E-state index in [2.05, 4.69) is 36.6 Å². The maximum absolute atomic E-state index is 5.92. The summed E-state index contributed by atoms with van der Waals surface area (Å²) in [6.45, 7) is 11.0. The SMILES string of the molecule is COc1cc(N)cc(N2CCN(C(C)(C)C)CC2)c1. The molecule has 0 unspecified atom stereocenters. The van der Waals surface area contributed by atoms with Crippen molar-refractivity contribution >= 4 is 11.4 Å². The molecular formula is C15H25N3O. The van der Waals surface area contributed by atoms with Crippen LogP contribution in [0.3, 0.4) is 0 Å². The van der Waals surface area contributed by atoms with Gasteiger partial charge in [0, 0.05) is 55.2 Å². The molecule has 4 heteroatoms. The van der Waals surface area contributed by atoms with Gasteiger partial charge < -0.3 is 15.4 Å². The van der Waals surface area contributed by atoms with Crippen LogP contribution in [0.15, 0.2) is 18.2 Å². The summed E-state index contributed by atoms with van der Waals surface area (Å²) >= 11 is 0. The molecule has 2 N–H and O–H groups in total. The predicted octanol–water partition coefficient (Wildman–Crippen LogP) is 2.20. The number of ether oxygens (including phenoxy) is 1. The Morgan fingerprint density at radius 1 is 1.05 bits per heavy atom. The summed E-state index contributed by atoms with van der Waals surface area (Å²) in [7, 11) is 1.68. The fraction of sp³-hybridized carbons (Fsp3) is 0.600. The fourth-order valence-electron chi connectivity index (χ4n) is 2.54. The van der Waals surface area contributed by atoms with Crippen LogP contribution in [0.4, 0.5) is 11.4 Å². The third-order valence-electron chi connectivity index (χ3n) is 3.74. The molecule has 1 aliphatic heterocycles. The van der Waals surface area contributed by atoms with E-state index >= 15 is 0 Å². The van der Waals surface area contributed by atoms with Crippen molar-refractivity contribution in [1.82, 2.24) is 4.90 Å². The number of hydrogen-bond donors (Lipinski definition) is 1. The van der Waals surface area contributed by atoms with Gasteiger partial charge in [0.25, 0.3) is 0 Å². The van der Waals surface area contributed by atoms with Gasteiger partial charge in [0.1, 0.15) is 5.75 Å². The third kappa shape index (κ3) is 3.32. The smallest absolute Gasteiger partial charge is 0.122 e. The first-order valence-electron chi connectivity index (χ1n) is 6.85. The van der Waals surface area contributed by atoms with E-state index in [9.17, 15) is 0 Å². The summed E-state index contributed by atoms with van der Waals surface area (Å²) in [5.41, 5.74) is 8.09. The summed E-state index contributed by atoms with van der Waals surface area (Å²) < 4.78 is 5.28. The number of hydrogen-bond acceptors (Lipinski definition) is 4. The molecule has 0 aliphatic carbocycles. The van der Waals surface area contributed by atoms with Crippen molar-refractivity contribution in [1.29, 1.82) is 0 Å². The molecule has 0 radical (unpaired) electrons. The van der Waals surface area contributed by atoms with Gasteiger partial charge in [0.15, 0.2) is 0 Å². The highest BCUT2D eigenvalue weighted by atomic mass is 16.5. The van der Waals surface area contributed by atoms with Crippen molar-refractivity contribution < 1.29 is 4.74 Å². The Morgan fingerprint density at radius 3 is 2.21 bits per heavy atom. The number of nitrogens with two attached hydrogens (primary N) is 1.